The SMILES string of the molecule is C=[N+](c1ccc([N+](=O)[O-])cc1)c1c(SC(F)(F)F)c(C#N)nn1-c1c(Cl)cc(C(F)(F)F)cc1Cl. The molecule has 0 atom stereocenters. The van der Waals surface area contributed by atoms with Crippen molar-refractivity contribution in [2.75, 3.05) is 0 Å². The van der Waals surface area contributed by atoms with Gasteiger partial charge in [0.25, 0.3) is 5.69 Å². The van der Waals surface area contributed by atoms with Crippen LogP contribution in [0.5, 0.6) is 0 Å². The quantitative estimate of drug-likeness (QED) is 0.0836. The average Bonchev–Trinajstić information content (AvgIpc) is 3.08. The Morgan fingerprint density at radius 3 is 2.00 bits per heavy atom. The monoisotopic (exact) mass is 554 g/mol. The van der Waals surface area contributed by atoms with E-state index in [1.165, 1.54) is 6.07 Å². The third-order valence-electron chi connectivity index (χ3n) is 4.33. The molecule has 0 N–H and O–H groups in total. The van der Waals surface area contributed by atoms with Gasteiger partial charge in [-0.2, -0.15) is 31.6 Å². The molecule has 0 saturated carbocycles. The van der Waals surface area contributed by atoms with Gasteiger partial charge in [-0.25, -0.2) is 4.58 Å². The number of aromatic nitrogens is 2. The lowest BCUT2D eigenvalue weighted by atomic mass is 10.2. The lowest BCUT2D eigenvalue weighted by molar-refractivity contribution is -0.384. The number of rotatable bonds is 5. The summed E-state index contributed by atoms with van der Waals surface area (Å²) in [7, 11) is 0. The number of alkyl halides is 6. The molecule has 7 nitrogen and oxygen atoms in total. The van der Waals surface area contributed by atoms with Crippen LogP contribution in [0.2, 0.25) is 10.0 Å². The third kappa shape index (κ3) is 5.53. The topological polar surface area (TPSA) is 87.8 Å². The minimum Gasteiger partial charge on any atom is -0.258 e. The zero-order chi connectivity index (χ0) is 26.3. The van der Waals surface area contributed by atoms with Crippen LogP contribution >= 0.6 is 35.0 Å². The molecule has 16 heteroatoms. The molecule has 3 rings (SSSR count). The van der Waals surface area contributed by atoms with E-state index in [0.717, 1.165) is 28.8 Å². The van der Waals surface area contributed by atoms with Crippen molar-refractivity contribution in [2.45, 2.75) is 16.6 Å². The van der Waals surface area contributed by atoms with Gasteiger partial charge in [0, 0.05) is 12.1 Å². The highest BCUT2D eigenvalue weighted by molar-refractivity contribution is 8.00. The van der Waals surface area contributed by atoms with Crippen LogP contribution in [0.3, 0.4) is 0 Å². The molecule has 1 heterocycles. The van der Waals surface area contributed by atoms with Crippen molar-refractivity contribution in [2.24, 2.45) is 0 Å². The molecule has 0 fully saturated rings. The van der Waals surface area contributed by atoms with E-state index in [4.69, 9.17) is 23.2 Å². The summed E-state index contributed by atoms with van der Waals surface area (Å²) in [5.41, 5.74) is -7.63. The maximum absolute atomic E-state index is 13.3. The Bertz CT molecular complexity index is 1360. The predicted octanol–water partition coefficient (Wildman–Crippen LogP) is 7.12. The van der Waals surface area contributed by atoms with E-state index < -0.39 is 66.1 Å². The number of hydrogen-bond donors (Lipinski definition) is 0. The second-order valence-corrected chi connectivity index (χ2v) is 8.45. The zero-order valence-corrected chi connectivity index (χ0v) is 19.0. The number of benzene rings is 2. The Morgan fingerprint density at radius 1 is 1.06 bits per heavy atom. The number of nitrogens with zero attached hydrogens (tertiary/aromatic N) is 5. The molecule has 182 valence electrons. The molecule has 0 aliphatic carbocycles. The molecule has 0 radical (unpaired) electrons. The van der Waals surface area contributed by atoms with E-state index in [9.17, 15) is 41.7 Å². The van der Waals surface area contributed by atoms with Crippen LogP contribution in [-0.2, 0) is 6.18 Å². The summed E-state index contributed by atoms with van der Waals surface area (Å²) in [6, 6.07) is 6.90. The van der Waals surface area contributed by atoms with Crippen molar-refractivity contribution in [3.8, 4) is 11.8 Å². The minimum absolute atomic E-state index is 0.0180. The summed E-state index contributed by atoms with van der Waals surface area (Å²) in [6.07, 6.45) is -4.83. The van der Waals surface area contributed by atoms with Crippen molar-refractivity contribution < 1.29 is 31.3 Å². The number of nitro benzene ring substituents is 1. The van der Waals surface area contributed by atoms with Gasteiger partial charge < -0.3 is 0 Å². The number of nitriles is 1. The number of thioether (sulfide) groups is 1. The second-order valence-electron chi connectivity index (χ2n) is 6.56. The number of hydrogen-bond acceptors (Lipinski definition) is 5. The van der Waals surface area contributed by atoms with Gasteiger partial charge in [0.2, 0.25) is 5.69 Å². The number of non-ortho nitro benzene ring substituents is 1. The van der Waals surface area contributed by atoms with Crippen LogP contribution < -0.4 is 4.58 Å². The van der Waals surface area contributed by atoms with Crippen molar-refractivity contribution in [1.29, 1.82) is 5.26 Å². The minimum atomic E-state index is -4.90. The summed E-state index contributed by atoms with van der Waals surface area (Å²) >= 11 is 11.3. The summed E-state index contributed by atoms with van der Waals surface area (Å²) in [5.74, 6) is -0.527. The van der Waals surface area contributed by atoms with Gasteiger partial charge in [-0.1, -0.05) is 33.0 Å². The Morgan fingerprint density at radius 2 is 1.57 bits per heavy atom. The summed E-state index contributed by atoms with van der Waals surface area (Å²) in [6.45, 7) is 3.64. The fourth-order valence-electron chi connectivity index (χ4n) is 2.88. The summed E-state index contributed by atoms with van der Waals surface area (Å²) < 4.78 is 80.9. The molecule has 0 aliphatic rings. The van der Waals surface area contributed by atoms with Crippen molar-refractivity contribution in [1.82, 2.24) is 14.4 Å². The molecular weight excluding hydrogens is 547 g/mol. The van der Waals surface area contributed by atoms with Gasteiger partial charge in [-0.15, -0.1) is 0 Å². The normalized spacial score (nSPS) is 11.9. The zero-order valence-electron chi connectivity index (χ0n) is 16.7. The van der Waals surface area contributed by atoms with Crippen LogP contribution in [0, 0.1) is 21.4 Å². The van der Waals surface area contributed by atoms with Gasteiger partial charge in [-0.3, -0.25) is 10.1 Å². The third-order valence-corrected chi connectivity index (χ3v) is 5.71. The lowest BCUT2D eigenvalue weighted by Crippen LogP contribution is -2.12. The Kier molecular flexibility index (Phi) is 7.07. The number of nitro groups is 1. The molecule has 0 spiro atoms. The van der Waals surface area contributed by atoms with E-state index in [0.29, 0.717) is 16.8 Å². The molecular formula is C19H8Cl2F6N5O2S+. The Balaban J connectivity index is 2.32. The van der Waals surface area contributed by atoms with E-state index in [1.54, 1.807) is 0 Å². The molecule has 0 saturated heterocycles. The van der Waals surface area contributed by atoms with Gasteiger partial charge in [-0.05, 0) is 36.0 Å². The second kappa shape index (κ2) is 9.40. The van der Waals surface area contributed by atoms with Gasteiger partial charge >= 0.3 is 17.5 Å². The van der Waals surface area contributed by atoms with Crippen molar-refractivity contribution in [3.05, 3.63) is 67.8 Å². The highest BCUT2D eigenvalue weighted by Crippen LogP contribution is 2.46. The fraction of sp³-hybridized carbons (Fsp3) is 0.105. The van der Waals surface area contributed by atoms with Crippen LogP contribution in [0.25, 0.3) is 5.69 Å². The molecule has 1 aromatic heterocycles. The molecule has 0 aliphatic heterocycles. The first-order valence-electron chi connectivity index (χ1n) is 8.84. The fourth-order valence-corrected chi connectivity index (χ4v) is 4.23. The first-order valence-corrected chi connectivity index (χ1v) is 10.4. The molecule has 3 aromatic rings. The Hall–Kier alpha value is -3.28. The Labute approximate surface area is 205 Å². The molecule has 2 aromatic carbocycles. The first-order chi connectivity index (χ1) is 16.1. The average molecular weight is 555 g/mol. The molecule has 0 unspecified atom stereocenters. The first kappa shape index (κ1) is 26.3. The van der Waals surface area contributed by atoms with Crippen molar-refractivity contribution in [3.63, 3.8) is 0 Å². The molecule has 0 bridgehead atoms. The molecule has 35 heavy (non-hydrogen) atoms. The smallest absolute Gasteiger partial charge is 0.258 e. The standard InChI is InChI=1S/C19H8Cl2F6N5O2S/c1-30(10-2-4-11(5-3-10)32(33)34)17-16(35-19(25,26)27)14(8-28)29-31(17)15-12(20)6-9(7-13(15)21)18(22,23)24/h2-7H,1H2/q+1. The van der Waals surface area contributed by atoms with Crippen LogP contribution in [0.15, 0.2) is 41.3 Å². The van der Waals surface area contributed by atoms with E-state index in [-0.39, 0.29) is 11.4 Å². The van der Waals surface area contributed by atoms with E-state index >= 15 is 0 Å². The maximum Gasteiger partial charge on any atom is 0.446 e. The van der Waals surface area contributed by atoms with Gasteiger partial charge in [0.15, 0.2) is 5.69 Å². The van der Waals surface area contributed by atoms with Gasteiger partial charge in [0.1, 0.15) is 16.7 Å². The van der Waals surface area contributed by atoms with Crippen molar-refractivity contribution >= 4 is 58.9 Å². The highest BCUT2D eigenvalue weighted by Gasteiger charge is 2.41. The van der Waals surface area contributed by atoms with E-state index in [2.05, 4.69) is 11.8 Å². The van der Waals surface area contributed by atoms with Crippen LogP contribution in [0.4, 0.5) is 43.5 Å². The van der Waals surface area contributed by atoms with Gasteiger partial charge in [0.05, 0.1) is 27.2 Å². The lowest BCUT2D eigenvalue weighted by Gasteiger charge is -2.12. The predicted molar refractivity (Wildman–Crippen MR) is 117 cm³/mol. The summed E-state index contributed by atoms with van der Waals surface area (Å²) in [4.78, 5) is 9.45. The van der Waals surface area contributed by atoms with Crippen LogP contribution in [-0.4, -0.2) is 26.9 Å². The molecule has 0 amide bonds. The largest absolute Gasteiger partial charge is 0.446 e. The summed E-state index contributed by atoms with van der Waals surface area (Å²) in [5, 5.41) is 22.8. The number of halogens is 8. The van der Waals surface area contributed by atoms with E-state index in [1.807, 2.05) is 0 Å². The van der Waals surface area contributed by atoms with Crippen LogP contribution in [0.1, 0.15) is 11.3 Å². The maximum atomic E-state index is 13.3. The highest BCUT2D eigenvalue weighted by atomic mass is 35.5.